The van der Waals surface area contributed by atoms with E-state index in [1.165, 1.54) is 0 Å². The molecule has 0 aromatic heterocycles. The maximum atomic E-state index is 14.1. The van der Waals surface area contributed by atoms with Crippen LogP contribution in [0.1, 0.15) is 30.5 Å². The van der Waals surface area contributed by atoms with Crippen molar-refractivity contribution in [3.8, 4) is 0 Å². The fourth-order valence-corrected chi connectivity index (χ4v) is 2.71. The first-order valence-corrected chi connectivity index (χ1v) is 8.20. The molecule has 1 N–H and O–H groups in total. The van der Waals surface area contributed by atoms with E-state index >= 15 is 0 Å². The Kier molecular flexibility index (Phi) is 6.22. The molecule has 2 rings (SSSR count). The first-order chi connectivity index (χ1) is 10.1. The van der Waals surface area contributed by atoms with Crippen LogP contribution in [-0.4, -0.2) is 6.54 Å². The molecule has 0 saturated heterocycles. The Labute approximate surface area is 138 Å². The number of nitrogens with one attached hydrogen (secondary N) is 1. The van der Waals surface area contributed by atoms with Gasteiger partial charge in [0.1, 0.15) is 5.82 Å². The van der Waals surface area contributed by atoms with Crippen LogP contribution >= 0.6 is 27.5 Å². The summed E-state index contributed by atoms with van der Waals surface area (Å²) in [5, 5.41) is 3.65. The second-order valence-electron chi connectivity index (χ2n) is 4.98. The van der Waals surface area contributed by atoms with Gasteiger partial charge in [0.2, 0.25) is 0 Å². The molecule has 0 radical (unpaired) electrons. The molecule has 4 heteroatoms. The summed E-state index contributed by atoms with van der Waals surface area (Å²) in [6.07, 6.45) is 1.61. The molecule has 112 valence electrons. The molecule has 0 fully saturated rings. The zero-order chi connectivity index (χ0) is 15.2. The van der Waals surface area contributed by atoms with Crippen LogP contribution in [0.25, 0.3) is 0 Å². The van der Waals surface area contributed by atoms with Crippen molar-refractivity contribution in [1.29, 1.82) is 0 Å². The molecule has 0 amide bonds. The molecule has 1 unspecified atom stereocenters. The second-order valence-corrected chi connectivity index (χ2v) is 6.30. The van der Waals surface area contributed by atoms with Gasteiger partial charge in [-0.15, -0.1) is 0 Å². The van der Waals surface area contributed by atoms with Crippen molar-refractivity contribution in [3.63, 3.8) is 0 Å². The summed E-state index contributed by atoms with van der Waals surface area (Å²) < 4.78 is 15.1. The van der Waals surface area contributed by atoms with Gasteiger partial charge in [-0.2, -0.15) is 0 Å². The third-order valence-corrected chi connectivity index (χ3v) is 4.19. The molecule has 0 aliphatic heterocycles. The van der Waals surface area contributed by atoms with Crippen molar-refractivity contribution < 1.29 is 4.39 Å². The second kappa shape index (κ2) is 7.92. The van der Waals surface area contributed by atoms with Crippen molar-refractivity contribution >= 4 is 27.5 Å². The molecule has 0 aliphatic rings. The summed E-state index contributed by atoms with van der Waals surface area (Å²) in [7, 11) is 0. The van der Waals surface area contributed by atoms with E-state index in [2.05, 4.69) is 40.3 Å². The van der Waals surface area contributed by atoms with Crippen molar-refractivity contribution in [2.75, 3.05) is 6.54 Å². The fourth-order valence-electron chi connectivity index (χ4n) is 2.25. The molecule has 0 saturated carbocycles. The zero-order valence-electron chi connectivity index (χ0n) is 11.9. The van der Waals surface area contributed by atoms with Gasteiger partial charge in [0.15, 0.2) is 0 Å². The van der Waals surface area contributed by atoms with E-state index in [0.717, 1.165) is 23.0 Å². The van der Waals surface area contributed by atoms with Crippen molar-refractivity contribution in [3.05, 3.63) is 68.9 Å². The van der Waals surface area contributed by atoms with E-state index in [0.29, 0.717) is 12.0 Å². The largest absolute Gasteiger partial charge is 0.310 e. The Bertz CT molecular complexity index is 586. The van der Waals surface area contributed by atoms with Crippen LogP contribution in [0.3, 0.4) is 0 Å². The highest BCUT2D eigenvalue weighted by Gasteiger charge is 2.15. The minimum atomic E-state index is -0.320. The van der Waals surface area contributed by atoms with E-state index in [1.54, 1.807) is 18.2 Å². The van der Waals surface area contributed by atoms with Gasteiger partial charge in [-0.3, -0.25) is 0 Å². The van der Waals surface area contributed by atoms with Gasteiger partial charge in [0.25, 0.3) is 0 Å². The van der Waals surface area contributed by atoms with Gasteiger partial charge >= 0.3 is 0 Å². The lowest BCUT2D eigenvalue weighted by molar-refractivity contribution is 0.513. The van der Waals surface area contributed by atoms with Crippen LogP contribution < -0.4 is 5.32 Å². The molecule has 0 bridgehead atoms. The van der Waals surface area contributed by atoms with Gasteiger partial charge in [-0.1, -0.05) is 58.7 Å². The lowest BCUT2D eigenvalue weighted by atomic mass is 9.98. The first kappa shape index (κ1) is 16.5. The smallest absolute Gasteiger partial charge is 0.145 e. The van der Waals surface area contributed by atoms with Crippen molar-refractivity contribution in [2.45, 2.75) is 25.8 Å². The average Bonchev–Trinajstić information content (AvgIpc) is 2.49. The normalized spacial score (nSPS) is 12.4. The maximum Gasteiger partial charge on any atom is 0.145 e. The number of hydrogen-bond donors (Lipinski definition) is 1. The highest BCUT2D eigenvalue weighted by atomic mass is 79.9. The first-order valence-electron chi connectivity index (χ1n) is 7.03. The summed E-state index contributed by atoms with van der Waals surface area (Å²) in [5.74, 6) is -0.320. The van der Waals surface area contributed by atoms with Crippen LogP contribution in [0.5, 0.6) is 0 Å². The maximum absolute atomic E-state index is 14.1. The monoisotopic (exact) mass is 369 g/mol. The Morgan fingerprint density at radius 3 is 2.57 bits per heavy atom. The van der Waals surface area contributed by atoms with Gasteiger partial charge in [-0.25, -0.2) is 4.39 Å². The van der Waals surface area contributed by atoms with E-state index in [1.807, 2.05) is 12.1 Å². The van der Waals surface area contributed by atoms with Crippen LogP contribution in [0.4, 0.5) is 4.39 Å². The highest BCUT2D eigenvalue weighted by Crippen LogP contribution is 2.25. The third kappa shape index (κ3) is 4.53. The summed E-state index contributed by atoms with van der Waals surface area (Å²) in [4.78, 5) is 0. The summed E-state index contributed by atoms with van der Waals surface area (Å²) in [5.41, 5.74) is 1.78. The van der Waals surface area contributed by atoms with E-state index in [4.69, 9.17) is 11.6 Å². The van der Waals surface area contributed by atoms with Gasteiger partial charge < -0.3 is 5.32 Å². The minimum absolute atomic E-state index is 0.0750. The van der Waals surface area contributed by atoms with Crippen LogP contribution in [-0.2, 0) is 6.42 Å². The SMILES string of the molecule is CCCNC(Cc1cccc(Cl)c1F)c1ccc(Br)cc1. The van der Waals surface area contributed by atoms with Gasteiger partial charge in [0.05, 0.1) is 5.02 Å². The van der Waals surface area contributed by atoms with Crippen LogP contribution in [0.2, 0.25) is 5.02 Å². The van der Waals surface area contributed by atoms with E-state index in [9.17, 15) is 4.39 Å². The summed E-state index contributed by atoms with van der Waals surface area (Å²) in [6, 6.07) is 13.4. The molecule has 2 aromatic rings. The lowest BCUT2D eigenvalue weighted by Crippen LogP contribution is -2.24. The van der Waals surface area contributed by atoms with Gasteiger partial charge in [-0.05, 0) is 48.7 Å². The predicted molar refractivity (Wildman–Crippen MR) is 90.3 cm³/mol. The number of benzene rings is 2. The van der Waals surface area contributed by atoms with E-state index < -0.39 is 0 Å². The standard InChI is InChI=1S/C17H18BrClFN/c1-2-10-21-16(12-6-8-14(18)9-7-12)11-13-4-3-5-15(19)17(13)20/h3-9,16,21H,2,10-11H2,1H3. The van der Waals surface area contributed by atoms with Crippen LogP contribution in [0, 0.1) is 5.82 Å². The zero-order valence-corrected chi connectivity index (χ0v) is 14.2. The molecule has 0 spiro atoms. The Morgan fingerprint density at radius 2 is 1.90 bits per heavy atom. The Hall–Kier alpha value is -0.900. The van der Waals surface area contributed by atoms with Gasteiger partial charge in [0, 0.05) is 10.5 Å². The Balaban J connectivity index is 2.23. The topological polar surface area (TPSA) is 12.0 Å². The molecular formula is C17H18BrClFN. The lowest BCUT2D eigenvalue weighted by Gasteiger charge is -2.20. The number of hydrogen-bond acceptors (Lipinski definition) is 1. The van der Waals surface area contributed by atoms with Crippen LogP contribution in [0.15, 0.2) is 46.9 Å². The predicted octanol–water partition coefficient (Wildman–Crippen LogP) is 5.53. The molecular weight excluding hydrogens is 353 g/mol. The summed E-state index contributed by atoms with van der Waals surface area (Å²) in [6.45, 7) is 3.01. The molecule has 0 aliphatic carbocycles. The van der Waals surface area contributed by atoms with Crippen molar-refractivity contribution in [1.82, 2.24) is 5.32 Å². The third-order valence-electron chi connectivity index (χ3n) is 3.37. The van der Waals surface area contributed by atoms with Crippen molar-refractivity contribution in [2.24, 2.45) is 0 Å². The highest BCUT2D eigenvalue weighted by molar-refractivity contribution is 9.10. The van der Waals surface area contributed by atoms with E-state index in [-0.39, 0.29) is 16.9 Å². The molecule has 21 heavy (non-hydrogen) atoms. The molecule has 0 heterocycles. The molecule has 1 nitrogen and oxygen atoms in total. The number of halogens is 3. The minimum Gasteiger partial charge on any atom is -0.310 e. The average molecular weight is 371 g/mol. The number of rotatable bonds is 6. The fraction of sp³-hybridized carbons (Fsp3) is 0.294. The molecule has 2 aromatic carbocycles. The molecule has 1 atom stereocenters. The Morgan fingerprint density at radius 1 is 1.19 bits per heavy atom. The quantitative estimate of drug-likeness (QED) is 0.705. The summed E-state index contributed by atoms with van der Waals surface area (Å²) >= 11 is 9.30.